The van der Waals surface area contributed by atoms with Gasteiger partial charge in [0.2, 0.25) is 0 Å². The first-order valence-corrected chi connectivity index (χ1v) is 9.82. The molecule has 0 saturated carbocycles. The highest BCUT2D eigenvalue weighted by atomic mass is 32.1. The van der Waals surface area contributed by atoms with Crippen LogP contribution in [0.15, 0.2) is 52.2 Å². The Bertz CT molecular complexity index is 1370. The van der Waals surface area contributed by atoms with Crippen LogP contribution in [0, 0.1) is 13.8 Å². The van der Waals surface area contributed by atoms with Crippen molar-refractivity contribution in [1.29, 1.82) is 0 Å². The Labute approximate surface area is 172 Å². The Balaban J connectivity index is 1.80. The van der Waals surface area contributed by atoms with Gasteiger partial charge in [0.25, 0.3) is 11.1 Å². The number of alkyl halides is 3. The number of aryl methyl sites for hydroxylation is 2. The number of nitrogens with zero attached hydrogens (tertiary/aromatic N) is 2. The summed E-state index contributed by atoms with van der Waals surface area (Å²) in [6.07, 6.45) is -3.85. The smallest absolute Gasteiger partial charge is 0.308 e. The quantitative estimate of drug-likeness (QED) is 0.520. The first-order chi connectivity index (χ1) is 14.1. The van der Waals surface area contributed by atoms with Crippen LogP contribution >= 0.6 is 11.3 Å². The number of fused-ring (bicyclic) bond motifs is 1. The highest BCUT2D eigenvalue weighted by Crippen LogP contribution is 2.35. The summed E-state index contributed by atoms with van der Waals surface area (Å²) in [6.45, 7) is 3.58. The van der Waals surface area contributed by atoms with Gasteiger partial charge in [0.1, 0.15) is 10.7 Å². The first kappa shape index (κ1) is 20.1. The summed E-state index contributed by atoms with van der Waals surface area (Å²) in [5, 5.41) is 0.432. The molecule has 30 heavy (non-hydrogen) atoms. The summed E-state index contributed by atoms with van der Waals surface area (Å²) >= 11 is 1.33. The van der Waals surface area contributed by atoms with Crippen LogP contribution in [0.4, 0.5) is 13.2 Å². The van der Waals surface area contributed by atoms with Crippen molar-refractivity contribution in [3.63, 3.8) is 0 Å². The van der Waals surface area contributed by atoms with E-state index >= 15 is 0 Å². The molecule has 1 N–H and O–H groups in total. The van der Waals surface area contributed by atoms with E-state index in [4.69, 9.17) is 0 Å². The maximum Gasteiger partial charge on any atom is 0.417 e. The van der Waals surface area contributed by atoms with E-state index in [9.17, 15) is 22.8 Å². The third-order valence-corrected chi connectivity index (χ3v) is 5.76. The number of hydrogen-bond acceptors (Lipinski definition) is 4. The average molecular weight is 431 g/mol. The average Bonchev–Trinajstić information content (AvgIpc) is 2.99. The standard InChI is InChI=1S/C21H16F3N3O2S/c1-11-3-5-13(6-4-11)17-12(2)30-20-18(17)19(29)25-15(26-20)10-27-9-14(21(22,23)24)7-8-16(27)28/h3-9H,10H2,1-2H3,(H,25,26,29). The van der Waals surface area contributed by atoms with Gasteiger partial charge in [0, 0.05) is 22.7 Å². The SMILES string of the molecule is Cc1ccc(-c2c(C)sc3nc(Cn4cc(C(F)(F)F)ccc4=O)[nH]c(=O)c23)cc1. The van der Waals surface area contributed by atoms with Gasteiger partial charge in [-0.3, -0.25) is 9.59 Å². The maximum absolute atomic E-state index is 13.0. The third-order valence-electron chi connectivity index (χ3n) is 4.76. The molecule has 5 nitrogen and oxygen atoms in total. The van der Waals surface area contributed by atoms with Crippen LogP contribution in [0.1, 0.15) is 21.8 Å². The lowest BCUT2D eigenvalue weighted by Gasteiger charge is -2.10. The molecule has 0 bridgehead atoms. The van der Waals surface area contributed by atoms with Crippen molar-refractivity contribution in [2.24, 2.45) is 0 Å². The first-order valence-electron chi connectivity index (χ1n) is 9.00. The largest absolute Gasteiger partial charge is 0.417 e. The van der Waals surface area contributed by atoms with E-state index in [1.54, 1.807) is 0 Å². The summed E-state index contributed by atoms with van der Waals surface area (Å²) in [5.74, 6) is 0.116. The van der Waals surface area contributed by atoms with Crippen molar-refractivity contribution in [1.82, 2.24) is 14.5 Å². The molecule has 0 amide bonds. The lowest BCUT2D eigenvalue weighted by atomic mass is 10.0. The molecule has 9 heteroatoms. The van der Waals surface area contributed by atoms with Gasteiger partial charge in [-0.1, -0.05) is 29.8 Å². The van der Waals surface area contributed by atoms with E-state index in [-0.39, 0.29) is 12.4 Å². The number of hydrogen-bond donors (Lipinski definition) is 1. The predicted octanol–water partition coefficient (Wildman–Crippen LogP) is 4.50. The molecule has 4 rings (SSSR count). The molecule has 4 aromatic rings. The summed E-state index contributed by atoms with van der Waals surface area (Å²) in [6, 6.07) is 9.35. The molecular weight excluding hydrogens is 415 g/mol. The number of H-pyrrole nitrogens is 1. The van der Waals surface area contributed by atoms with Crippen molar-refractivity contribution in [2.45, 2.75) is 26.6 Å². The van der Waals surface area contributed by atoms with Gasteiger partial charge in [-0.25, -0.2) is 4.98 Å². The predicted molar refractivity (Wildman–Crippen MR) is 110 cm³/mol. The van der Waals surface area contributed by atoms with Crippen molar-refractivity contribution in [3.8, 4) is 11.1 Å². The van der Waals surface area contributed by atoms with Gasteiger partial charge in [-0.05, 0) is 25.5 Å². The minimum absolute atomic E-state index is 0.116. The fraction of sp³-hybridized carbons (Fsp3) is 0.190. The molecule has 154 valence electrons. The van der Waals surface area contributed by atoms with Gasteiger partial charge in [0.15, 0.2) is 0 Å². The number of aromatic nitrogens is 3. The number of halogens is 3. The zero-order valence-electron chi connectivity index (χ0n) is 16.0. The van der Waals surface area contributed by atoms with E-state index in [1.165, 1.54) is 11.3 Å². The molecule has 0 unspecified atom stereocenters. The van der Waals surface area contributed by atoms with Crippen LogP contribution < -0.4 is 11.1 Å². The molecule has 0 fully saturated rings. The molecule has 0 atom stereocenters. The number of aromatic amines is 1. The molecule has 3 heterocycles. The number of thiophene rings is 1. The normalized spacial score (nSPS) is 11.9. The van der Waals surface area contributed by atoms with Gasteiger partial charge in [-0.2, -0.15) is 13.2 Å². The van der Waals surface area contributed by atoms with Crippen LogP contribution in [0.3, 0.4) is 0 Å². The van der Waals surface area contributed by atoms with Crippen LogP contribution in [0.2, 0.25) is 0 Å². The minimum Gasteiger partial charge on any atom is -0.308 e. The summed E-state index contributed by atoms with van der Waals surface area (Å²) in [7, 11) is 0. The number of rotatable bonds is 3. The highest BCUT2D eigenvalue weighted by Gasteiger charge is 2.31. The Morgan fingerprint density at radius 3 is 2.43 bits per heavy atom. The lowest BCUT2D eigenvalue weighted by molar-refractivity contribution is -0.138. The third kappa shape index (κ3) is 3.68. The monoisotopic (exact) mass is 431 g/mol. The molecule has 0 saturated heterocycles. The summed E-state index contributed by atoms with van der Waals surface area (Å²) in [5.41, 5.74) is 0.810. The van der Waals surface area contributed by atoms with E-state index < -0.39 is 22.9 Å². The molecule has 0 radical (unpaired) electrons. The van der Waals surface area contributed by atoms with E-state index in [1.807, 2.05) is 38.1 Å². The number of benzene rings is 1. The van der Waals surface area contributed by atoms with Crippen LogP contribution in [-0.4, -0.2) is 14.5 Å². The molecule has 0 aliphatic heterocycles. The van der Waals surface area contributed by atoms with Crippen LogP contribution in [0.25, 0.3) is 21.3 Å². The van der Waals surface area contributed by atoms with Gasteiger partial charge >= 0.3 is 6.18 Å². The Hall–Kier alpha value is -3.20. The second kappa shape index (κ2) is 7.24. The zero-order chi connectivity index (χ0) is 21.6. The van der Waals surface area contributed by atoms with Gasteiger partial charge in [-0.15, -0.1) is 11.3 Å². The lowest BCUT2D eigenvalue weighted by Crippen LogP contribution is -2.24. The summed E-state index contributed by atoms with van der Waals surface area (Å²) < 4.78 is 39.8. The molecule has 0 spiro atoms. The van der Waals surface area contributed by atoms with Crippen molar-refractivity contribution >= 4 is 21.6 Å². The highest BCUT2D eigenvalue weighted by molar-refractivity contribution is 7.19. The van der Waals surface area contributed by atoms with Crippen molar-refractivity contribution < 1.29 is 13.2 Å². The summed E-state index contributed by atoms with van der Waals surface area (Å²) in [4.78, 5) is 33.2. The van der Waals surface area contributed by atoms with E-state index in [0.717, 1.165) is 44.5 Å². The van der Waals surface area contributed by atoms with E-state index in [2.05, 4.69) is 9.97 Å². The fourth-order valence-electron chi connectivity index (χ4n) is 3.29. The molecule has 0 aliphatic carbocycles. The van der Waals surface area contributed by atoms with Crippen molar-refractivity contribution in [2.75, 3.05) is 0 Å². The Morgan fingerprint density at radius 2 is 1.77 bits per heavy atom. The molecule has 3 aromatic heterocycles. The van der Waals surface area contributed by atoms with E-state index in [0.29, 0.717) is 10.2 Å². The second-order valence-corrected chi connectivity index (χ2v) is 8.18. The topological polar surface area (TPSA) is 67.8 Å². The van der Waals surface area contributed by atoms with Crippen molar-refractivity contribution in [3.05, 3.63) is 85.1 Å². The molecule has 1 aromatic carbocycles. The Kier molecular flexibility index (Phi) is 4.85. The number of pyridine rings is 1. The molecular formula is C21H16F3N3O2S. The second-order valence-electron chi connectivity index (χ2n) is 6.97. The van der Waals surface area contributed by atoms with Gasteiger partial charge in [0.05, 0.1) is 17.5 Å². The number of nitrogens with one attached hydrogen (secondary N) is 1. The maximum atomic E-state index is 13.0. The van der Waals surface area contributed by atoms with Gasteiger partial charge < -0.3 is 9.55 Å². The Morgan fingerprint density at radius 1 is 1.07 bits per heavy atom. The minimum atomic E-state index is -4.58. The zero-order valence-corrected chi connectivity index (χ0v) is 16.8. The van der Waals surface area contributed by atoms with Crippen LogP contribution in [-0.2, 0) is 12.7 Å². The molecule has 0 aliphatic rings. The van der Waals surface area contributed by atoms with Crippen LogP contribution in [0.5, 0.6) is 0 Å². The fourth-order valence-corrected chi connectivity index (χ4v) is 4.35.